The Balaban J connectivity index is 2.56. The molecule has 0 heterocycles. The fourth-order valence-electron chi connectivity index (χ4n) is 1.73. The van der Waals surface area contributed by atoms with E-state index in [4.69, 9.17) is 9.84 Å². The first-order valence-corrected chi connectivity index (χ1v) is 7.68. The van der Waals surface area contributed by atoms with E-state index in [0.29, 0.717) is 12.2 Å². The average molecular weight is 358 g/mol. The van der Waals surface area contributed by atoms with Crippen LogP contribution in [0.25, 0.3) is 0 Å². The zero-order valence-electron chi connectivity index (χ0n) is 12.1. The van der Waals surface area contributed by atoms with Gasteiger partial charge in [0.15, 0.2) is 6.10 Å². The van der Waals surface area contributed by atoms with Crippen LogP contribution in [0.2, 0.25) is 0 Å². The second kappa shape index (κ2) is 8.67. The van der Waals surface area contributed by atoms with Gasteiger partial charge in [-0.2, -0.15) is 0 Å². The van der Waals surface area contributed by atoms with Crippen LogP contribution in [0.5, 0.6) is 5.75 Å². The number of carbonyl (C=O) groups is 2. The van der Waals surface area contributed by atoms with Crippen LogP contribution in [0, 0.1) is 0 Å². The Morgan fingerprint density at radius 3 is 2.48 bits per heavy atom. The molecule has 0 aromatic heterocycles. The van der Waals surface area contributed by atoms with E-state index in [2.05, 4.69) is 21.2 Å². The fraction of sp³-hybridized carbons (Fsp3) is 0.467. The SMILES string of the molecule is CCCCC(NC(=O)C(C)Oc1ccc(Br)cc1)C(=O)O. The predicted octanol–water partition coefficient (Wildman–Crippen LogP) is 2.98. The molecule has 2 N–H and O–H groups in total. The zero-order valence-corrected chi connectivity index (χ0v) is 13.7. The second-order valence-electron chi connectivity index (χ2n) is 4.76. The van der Waals surface area contributed by atoms with Crippen LogP contribution in [-0.4, -0.2) is 29.1 Å². The molecule has 0 spiro atoms. The van der Waals surface area contributed by atoms with Crippen molar-refractivity contribution in [2.75, 3.05) is 0 Å². The number of amides is 1. The highest BCUT2D eigenvalue weighted by Gasteiger charge is 2.23. The summed E-state index contributed by atoms with van der Waals surface area (Å²) < 4.78 is 6.40. The lowest BCUT2D eigenvalue weighted by atomic mass is 10.1. The highest BCUT2D eigenvalue weighted by atomic mass is 79.9. The topological polar surface area (TPSA) is 75.6 Å². The first-order valence-electron chi connectivity index (χ1n) is 6.89. The lowest BCUT2D eigenvalue weighted by Crippen LogP contribution is -2.46. The number of benzene rings is 1. The number of carboxylic acids is 1. The standard InChI is InChI=1S/C15H20BrNO4/c1-3-4-5-13(15(19)20)17-14(18)10(2)21-12-8-6-11(16)7-9-12/h6-10,13H,3-5H2,1-2H3,(H,17,18)(H,19,20). The molecule has 2 atom stereocenters. The number of halogens is 1. The zero-order chi connectivity index (χ0) is 15.8. The van der Waals surface area contributed by atoms with Crippen molar-refractivity contribution in [3.05, 3.63) is 28.7 Å². The van der Waals surface area contributed by atoms with Crippen molar-refractivity contribution < 1.29 is 19.4 Å². The van der Waals surface area contributed by atoms with Crippen molar-refractivity contribution in [2.24, 2.45) is 0 Å². The minimum absolute atomic E-state index is 0.419. The maximum absolute atomic E-state index is 12.0. The number of rotatable bonds is 8. The number of hydrogen-bond donors (Lipinski definition) is 2. The van der Waals surface area contributed by atoms with E-state index in [9.17, 15) is 9.59 Å². The highest BCUT2D eigenvalue weighted by molar-refractivity contribution is 9.10. The molecule has 21 heavy (non-hydrogen) atoms. The van der Waals surface area contributed by atoms with Gasteiger partial charge >= 0.3 is 5.97 Å². The number of ether oxygens (including phenoxy) is 1. The van der Waals surface area contributed by atoms with Gasteiger partial charge < -0.3 is 15.2 Å². The number of carboxylic acid groups (broad SMARTS) is 1. The summed E-state index contributed by atoms with van der Waals surface area (Å²) in [6, 6.07) is 6.22. The summed E-state index contributed by atoms with van der Waals surface area (Å²) in [5, 5.41) is 11.6. The summed E-state index contributed by atoms with van der Waals surface area (Å²) >= 11 is 3.31. The van der Waals surface area contributed by atoms with Gasteiger partial charge in [-0.05, 0) is 37.6 Å². The van der Waals surface area contributed by atoms with Crippen molar-refractivity contribution in [1.82, 2.24) is 5.32 Å². The number of hydrogen-bond acceptors (Lipinski definition) is 3. The predicted molar refractivity (Wildman–Crippen MR) is 83.3 cm³/mol. The molecule has 2 unspecified atom stereocenters. The van der Waals surface area contributed by atoms with Crippen molar-refractivity contribution in [3.8, 4) is 5.75 Å². The molecule has 6 heteroatoms. The van der Waals surface area contributed by atoms with Crippen LogP contribution in [0.1, 0.15) is 33.1 Å². The molecule has 116 valence electrons. The molecule has 0 saturated heterocycles. The second-order valence-corrected chi connectivity index (χ2v) is 5.67. The largest absolute Gasteiger partial charge is 0.481 e. The summed E-state index contributed by atoms with van der Waals surface area (Å²) in [5.74, 6) is -0.893. The quantitative estimate of drug-likeness (QED) is 0.749. The number of nitrogens with one attached hydrogen (secondary N) is 1. The summed E-state index contributed by atoms with van der Waals surface area (Å²) in [4.78, 5) is 23.1. The van der Waals surface area contributed by atoms with Crippen molar-refractivity contribution in [1.29, 1.82) is 0 Å². The Hall–Kier alpha value is -1.56. The molecule has 1 rings (SSSR count). The van der Waals surface area contributed by atoms with Gasteiger partial charge in [-0.25, -0.2) is 4.79 Å². The first kappa shape index (κ1) is 17.5. The lowest BCUT2D eigenvalue weighted by Gasteiger charge is -2.18. The molecule has 0 aliphatic carbocycles. The van der Waals surface area contributed by atoms with Crippen molar-refractivity contribution >= 4 is 27.8 Å². The maximum Gasteiger partial charge on any atom is 0.326 e. The van der Waals surface area contributed by atoms with E-state index in [1.165, 1.54) is 0 Å². The third kappa shape index (κ3) is 6.16. The van der Waals surface area contributed by atoms with Gasteiger partial charge in [0.05, 0.1) is 0 Å². The average Bonchev–Trinajstić information content (AvgIpc) is 2.45. The van der Waals surface area contributed by atoms with Gasteiger partial charge in [0.2, 0.25) is 0 Å². The smallest absolute Gasteiger partial charge is 0.326 e. The monoisotopic (exact) mass is 357 g/mol. The third-order valence-corrected chi connectivity index (χ3v) is 3.49. The number of aliphatic carboxylic acids is 1. The van der Waals surface area contributed by atoms with Crippen LogP contribution in [0.15, 0.2) is 28.7 Å². The summed E-state index contributed by atoms with van der Waals surface area (Å²) in [6.07, 6.45) is 1.29. The van der Waals surface area contributed by atoms with E-state index in [0.717, 1.165) is 17.3 Å². The molecule has 0 radical (unpaired) electrons. The summed E-state index contributed by atoms with van der Waals surface area (Å²) in [7, 11) is 0. The Kier molecular flexibility index (Phi) is 7.22. The Bertz CT molecular complexity index is 475. The molecule has 1 aromatic carbocycles. The molecule has 0 saturated carbocycles. The van der Waals surface area contributed by atoms with Gasteiger partial charge in [0.25, 0.3) is 5.91 Å². The molecule has 0 bridgehead atoms. The summed E-state index contributed by atoms with van der Waals surface area (Å²) in [5.41, 5.74) is 0. The van der Waals surface area contributed by atoms with Crippen LogP contribution < -0.4 is 10.1 Å². The van der Waals surface area contributed by atoms with Gasteiger partial charge in [0.1, 0.15) is 11.8 Å². The van der Waals surface area contributed by atoms with Crippen LogP contribution in [0.3, 0.4) is 0 Å². The van der Waals surface area contributed by atoms with Crippen LogP contribution >= 0.6 is 15.9 Å². The molecule has 0 aliphatic heterocycles. The Labute approximate surface area is 132 Å². The Morgan fingerprint density at radius 2 is 1.95 bits per heavy atom. The van der Waals surface area contributed by atoms with Crippen LogP contribution in [0.4, 0.5) is 0 Å². The third-order valence-electron chi connectivity index (χ3n) is 2.96. The van der Waals surface area contributed by atoms with Crippen molar-refractivity contribution in [2.45, 2.75) is 45.3 Å². The van der Waals surface area contributed by atoms with E-state index in [1.54, 1.807) is 31.2 Å². The van der Waals surface area contributed by atoms with Crippen molar-refractivity contribution in [3.63, 3.8) is 0 Å². The first-order chi connectivity index (χ1) is 9.93. The van der Waals surface area contributed by atoms with Gasteiger partial charge in [0, 0.05) is 4.47 Å². The van der Waals surface area contributed by atoms with E-state index in [-0.39, 0.29) is 0 Å². The van der Waals surface area contributed by atoms with Gasteiger partial charge in [-0.15, -0.1) is 0 Å². The van der Waals surface area contributed by atoms with E-state index < -0.39 is 24.0 Å². The van der Waals surface area contributed by atoms with Gasteiger partial charge in [-0.1, -0.05) is 35.7 Å². The molecular formula is C15H20BrNO4. The minimum Gasteiger partial charge on any atom is -0.481 e. The number of carbonyl (C=O) groups excluding carboxylic acids is 1. The normalized spacial score (nSPS) is 13.3. The maximum atomic E-state index is 12.0. The minimum atomic E-state index is -1.02. The van der Waals surface area contributed by atoms with Crippen LogP contribution in [-0.2, 0) is 9.59 Å². The Morgan fingerprint density at radius 1 is 1.33 bits per heavy atom. The molecule has 0 aliphatic rings. The lowest BCUT2D eigenvalue weighted by molar-refractivity contribution is -0.143. The fourth-order valence-corrected chi connectivity index (χ4v) is 1.99. The summed E-state index contributed by atoms with van der Waals surface area (Å²) in [6.45, 7) is 3.57. The number of unbranched alkanes of at least 4 members (excludes halogenated alkanes) is 1. The van der Waals surface area contributed by atoms with E-state index >= 15 is 0 Å². The molecular weight excluding hydrogens is 338 g/mol. The van der Waals surface area contributed by atoms with E-state index in [1.807, 2.05) is 6.92 Å². The molecule has 5 nitrogen and oxygen atoms in total. The molecule has 1 amide bonds. The van der Waals surface area contributed by atoms with Gasteiger partial charge in [-0.3, -0.25) is 4.79 Å². The highest BCUT2D eigenvalue weighted by Crippen LogP contribution is 2.17. The molecule has 1 aromatic rings. The molecule has 0 fully saturated rings.